The third kappa shape index (κ3) is 5.76. The second-order valence-electron chi connectivity index (χ2n) is 5.02. The van der Waals surface area contributed by atoms with Gasteiger partial charge in [0.15, 0.2) is 5.76 Å². The Morgan fingerprint density at radius 3 is 2.12 bits per heavy atom. The van der Waals surface area contributed by atoms with Gasteiger partial charge in [-0.3, -0.25) is 0 Å². The first kappa shape index (κ1) is 22.0. The van der Waals surface area contributed by atoms with Crippen molar-refractivity contribution in [3.8, 4) is 0 Å². The highest BCUT2D eigenvalue weighted by atomic mass is 35.5. The first-order chi connectivity index (χ1) is 12.6. The number of furan rings is 1. The van der Waals surface area contributed by atoms with Gasteiger partial charge in [-0.05, 0) is 13.0 Å². The maximum Gasteiger partial charge on any atom is 0.157 e. The fraction of sp³-hybridized carbons (Fsp3) is 0.227. The summed E-state index contributed by atoms with van der Waals surface area (Å²) in [4.78, 5) is 4.37. The molecule has 3 rings (SSSR count). The number of para-hydroxylation sites is 1. The molecule has 0 N–H and O–H groups in total. The highest BCUT2D eigenvalue weighted by molar-refractivity contribution is 6.30. The van der Waals surface area contributed by atoms with Crippen LogP contribution in [0.4, 0.5) is 0 Å². The fourth-order valence-corrected chi connectivity index (χ4v) is 2.45. The van der Waals surface area contributed by atoms with E-state index in [-0.39, 0.29) is 5.16 Å². The Balaban J connectivity index is 0.000000615. The zero-order valence-electron chi connectivity index (χ0n) is 15.7. The van der Waals surface area contributed by atoms with Gasteiger partial charge in [0.05, 0.1) is 0 Å². The zero-order valence-corrected chi connectivity index (χ0v) is 17.2. The molecule has 0 saturated carbocycles. The van der Waals surface area contributed by atoms with E-state index in [4.69, 9.17) is 27.6 Å². The van der Waals surface area contributed by atoms with Crippen molar-refractivity contribution in [2.75, 3.05) is 5.88 Å². The average Bonchev–Trinajstić information content (AvgIpc) is 2.99. The third-order valence-electron chi connectivity index (χ3n) is 3.34. The largest absolute Gasteiger partial charge is 0.454 e. The molecular weight excluding hydrogens is 365 g/mol. The van der Waals surface area contributed by atoms with Gasteiger partial charge in [-0.1, -0.05) is 87.5 Å². The lowest BCUT2D eigenvalue weighted by molar-refractivity contribution is 0.602. The van der Waals surface area contributed by atoms with E-state index in [2.05, 4.69) is 11.6 Å². The van der Waals surface area contributed by atoms with E-state index in [1.54, 1.807) is 0 Å². The number of nitrogens with zero attached hydrogens (tertiary/aromatic N) is 1. The van der Waals surface area contributed by atoms with Crippen LogP contribution in [0.25, 0.3) is 11.0 Å². The number of aryl methyl sites for hydroxylation is 1. The van der Waals surface area contributed by atoms with Gasteiger partial charge in [0.1, 0.15) is 16.5 Å². The van der Waals surface area contributed by atoms with Crippen molar-refractivity contribution in [1.82, 2.24) is 0 Å². The van der Waals surface area contributed by atoms with E-state index in [9.17, 15) is 0 Å². The van der Waals surface area contributed by atoms with Crippen molar-refractivity contribution < 1.29 is 4.42 Å². The van der Waals surface area contributed by atoms with Crippen molar-refractivity contribution in [2.45, 2.75) is 27.7 Å². The Bertz CT molecular complexity index is 851. The third-order valence-corrected chi connectivity index (χ3v) is 3.42. The normalized spacial score (nSPS) is 10.5. The molecule has 3 aromatic rings. The molecule has 0 radical (unpaired) electrons. The maximum absolute atomic E-state index is 5.99. The summed E-state index contributed by atoms with van der Waals surface area (Å²) in [6, 6.07) is 17.8. The summed E-state index contributed by atoms with van der Waals surface area (Å²) < 4.78 is 5.99. The number of halogens is 2. The van der Waals surface area contributed by atoms with E-state index >= 15 is 0 Å². The second kappa shape index (κ2) is 11.6. The van der Waals surface area contributed by atoms with Gasteiger partial charge in [0.25, 0.3) is 0 Å². The number of hydrogen-bond donors (Lipinski definition) is 0. The molecule has 4 heteroatoms. The molecule has 26 heavy (non-hydrogen) atoms. The van der Waals surface area contributed by atoms with Gasteiger partial charge >= 0.3 is 0 Å². The Hall–Kier alpha value is -2.03. The molecule has 0 spiro atoms. The van der Waals surface area contributed by atoms with Crippen molar-refractivity contribution >= 4 is 39.9 Å². The van der Waals surface area contributed by atoms with E-state index in [1.807, 2.05) is 82.3 Å². The second-order valence-corrected chi connectivity index (χ2v) is 5.99. The minimum Gasteiger partial charge on any atom is -0.454 e. The van der Waals surface area contributed by atoms with Crippen molar-refractivity contribution in [2.24, 2.45) is 4.99 Å². The van der Waals surface area contributed by atoms with Gasteiger partial charge in [-0.25, -0.2) is 4.99 Å². The van der Waals surface area contributed by atoms with E-state index < -0.39 is 0 Å². The molecule has 2 aromatic carbocycles. The van der Waals surface area contributed by atoms with Gasteiger partial charge in [-0.2, -0.15) is 0 Å². The zero-order chi connectivity index (χ0) is 19.5. The molecule has 0 fully saturated rings. The number of rotatable bonds is 3. The predicted molar refractivity (Wildman–Crippen MR) is 116 cm³/mol. The number of aliphatic imine (C=N–C) groups is 1. The molecule has 0 unspecified atom stereocenters. The van der Waals surface area contributed by atoms with E-state index in [1.165, 1.54) is 0 Å². The first-order valence-corrected chi connectivity index (χ1v) is 9.52. The van der Waals surface area contributed by atoms with E-state index in [0.717, 1.165) is 33.7 Å². The minimum absolute atomic E-state index is 0.230. The van der Waals surface area contributed by atoms with Gasteiger partial charge in [0, 0.05) is 22.4 Å². The van der Waals surface area contributed by atoms with Crippen LogP contribution in [0.5, 0.6) is 0 Å². The number of alkyl halides is 1. The number of hydrogen-bond acceptors (Lipinski definition) is 2. The SMILES string of the molecule is C=C(Cl)/N=C(/c1ccccc1)c1oc2ccccc2c1C.CC.CCCl. The quantitative estimate of drug-likeness (QED) is 0.257. The average molecular weight is 390 g/mol. The molecular formula is C22H25Cl2NO. The summed E-state index contributed by atoms with van der Waals surface area (Å²) in [5, 5.41) is 1.31. The molecule has 0 aliphatic rings. The molecule has 1 aromatic heterocycles. The van der Waals surface area contributed by atoms with Crippen LogP contribution in [-0.4, -0.2) is 11.6 Å². The molecule has 0 aliphatic carbocycles. The van der Waals surface area contributed by atoms with Crippen LogP contribution in [0.1, 0.15) is 37.7 Å². The van der Waals surface area contributed by atoms with Crippen LogP contribution in [0.15, 0.2) is 75.7 Å². The fourth-order valence-electron chi connectivity index (χ4n) is 2.36. The summed E-state index contributed by atoms with van der Waals surface area (Å²) in [6.07, 6.45) is 0. The number of benzene rings is 2. The van der Waals surface area contributed by atoms with Crippen molar-refractivity contribution in [1.29, 1.82) is 0 Å². The lowest BCUT2D eigenvalue weighted by Crippen LogP contribution is -2.03. The highest BCUT2D eigenvalue weighted by Gasteiger charge is 2.17. The molecule has 2 nitrogen and oxygen atoms in total. The summed E-state index contributed by atoms with van der Waals surface area (Å²) in [6.45, 7) is 11.6. The van der Waals surface area contributed by atoms with E-state index in [0.29, 0.717) is 5.71 Å². The summed E-state index contributed by atoms with van der Waals surface area (Å²) in [5.74, 6) is 1.45. The van der Waals surface area contributed by atoms with Crippen molar-refractivity contribution in [3.05, 3.63) is 83.2 Å². The lowest BCUT2D eigenvalue weighted by Gasteiger charge is -2.05. The highest BCUT2D eigenvalue weighted by Crippen LogP contribution is 2.28. The Morgan fingerprint density at radius 2 is 1.58 bits per heavy atom. The Kier molecular flexibility index (Phi) is 9.79. The number of fused-ring (bicyclic) bond motifs is 1. The summed E-state index contributed by atoms with van der Waals surface area (Å²) >= 11 is 10.9. The van der Waals surface area contributed by atoms with Gasteiger partial charge in [-0.15, -0.1) is 11.6 Å². The molecule has 138 valence electrons. The predicted octanol–water partition coefficient (Wildman–Crippen LogP) is 7.56. The first-order valence-electron chi connectivity index (χ1n) is 8.61. The standard InChI is InChI=1S/C18H14ClNO.C2H5Cl.C2H6/c1-12-15-10-6-7-11-16(15)21-18(12)17(20-13(2)19)14-8-4-3-5-9-14;1-2-3;1-2/h3-11H,2H2,1H3;2H2,1H3;1-2H3/b20-17-;;. The van der Waals surface area contributed by atoms with Gasteiger partial charge < -0.3 is 4.42 Å². The van der Waals surface area contributed by atoms with Crippen LogP contribution in [0.2, 0.25) is 0 Å². The summed E-state index contributed by atoms with van der Waals surface area (Å²) in [7, 11) is 0. The smallest absolute Gasteiger partial charge is 0.157 e. The minimum atomic E-state index is 0.230. The van der Waals surface area contributed by atoms with Crippen molar-refractivity contribution in [3.63, 3.8) is 0 Å². The lowest BCUT2D eigenvalue weighted by atomic mass is 10.0. The molecule has 1 heterocycles. The van der Waals surface area contributed by atoms with Crippen LogP contribution < -0.4 is 0 Å². The Morgan fingerprint density at radius 1 is 1.04 bits per heavy atom. The van der Waals surface area contributed by atoms with Crippen LogP contribution in [0, 0.1) is 6.92 Å². The van der Waals surface area contributed by atoms with Crippen LogP contribution in [-0.2, 0) is 0 Å². The monoisotopic (exact) mass is 389 g/mol. The van der Waals surface area contributed by atoms with Crippen LogP contribution >= 0.6 is 23.2 Å². The molecule has 0 bridgehead atoms. The molecule has 0 aliphatic heterocycles. The summed E-state index contributed by atoms with van der Waals surface area (Å²) in [5.41, 5.74) is 3.53. The van der Waals surface area contributed by atoms with Crippen LogP contribution in [0.3, 0.4) is 0 Å². The molecule has 0 amide bonds. The maximum atomic E-state index is 5.99. The Labute approximate surface area is 166 Å². The molecule has 0 saturated heterocycles. The molecule has 0 atom stereocenters. The van der Waals surface area contributed by atoms with Gasteiger partial charge in [0.2, 0.25) is 0 Å². The topological polar surface area (TPSA) is 25.5 Å².